The molecular formula is C15H15N3. The largest absolute Gasteiger partial charge is 0.341 e. The molecule has 0 spiro atoms. The minimum atomic E-state index is -0.337. The van der Waals surface area contributed by atoms with Gasteiger partial charge in [0.15, 0.2) is 0 Å². The minimum absolute atomic E-state index is 0.337. The zero-order valence-electron chi connectivity index (χ0n) is 10.6. The van der Waals surface area contributed by atoms with Crippen molar-refractivity contribution in [1.82, 2.24) is 9.97 Å². The van der Waals surface area contributed by atoms with Gasteiger partial charge in [-0.2, -0.15) is 5.26 Å². The summed E-state index contributed by atoms with van der Waals surface area (Å²) in [6, 6.07) is 8.74. The molecule has 0 amide bonds. The van der Waals surface area contributed by atoms with Crippen LogP contribution in [0.1, 0.15) is 29.8 Å². The average molecular weight is 237 g/mol. The van der Waals surface area contributed by atoms with Gasteiger partial charge in [-0.25, -0.2) is 4.98 Å². The van der Waals surface area contributed by atoms with Crippen LogP contribution in [0.2, 0.25) is 0 Å². The molecule has 1 aromatic heterocycles. The second kappa shape index (κ2) is 3.71. The molecule has 1 aliphatic rings. The molecule has 0 saturated heterocycles. The summed E-state index contributed by atoms with van der Waals surface area (Å²) >= 11 is 0. The van der Waals surface area contributed by atoms with E-state index >= 15 is 0 Å². The molecule has 0 radical (unpaired) electrons. The van der Waals surface area contributed by atoms with Crippen LogP contribution in [-0.4, -0.2) is 9.97 Å². The lowest BCUT2D eigenvalue weighted by Gasteiger charge is -2.05. The van der Waals surface area contributed by atoms with Gasteiger partial charge in [0.05, 0.1) is 18.0 Å². The molecule has 3 nitrogen and oxygen atoms in total. The SMILES string of the molecule is Cc1ccc(C)c(-c2cnc(C3(C#N)CC3)[nH]2)c1. The van der Waals surface area contributed by atoms with E-state index in [1.807, 2.05) is 6.20 Å². The Hall–Kier alpha value is -2.08. The van der Waals surface area contributed by atoms with Crippen molar-refractivity contribution in [2.24, 2.45) is 0 Å². The van der Waals surface area contributed by atoms with Crippen LogP contribution >= 0.6 is 0 Å². The molecule has 0 aliphatic heterocycles. The topological polar surface area (TPSA) is 52.5 Å². The van der Waals surface area contributed by atoms with Crippen LogP contribution in [0.15, 0.2) is 24.4 Å². The van der Waals surface area contributed by atoms with E-state index in [9.17, 15) is 5.26 Å². The van der Waals surface area contributed by atoms with Crippen LogP contribution in [0.3, 0.4) is 0 Å². The van der Waals surface area contributed by atoms with Crippen molar-refractivity contribution in [1.29, 1.82) is 5.26 Å². The van der Waals surface area contributed by atoms with Crippen molar-refractivity contribution in [3.63, 3.8) is 0 Å². The van der Waals surface area contributed by atoms with Crippen molar-refractivity contribution < 1.29 is 0 Å². The summed E-state index contributed by atoms with van der Waals surface area (Å²) in [7, 11) is 0. The number of aryl methyl sites for hydroxylation is 2. The van der Waals surface area contributed by atoms with Gasteiger partial charge in [-0.15, -0.1) is 0 Å². The zero-order chi connectivity index (χ0) is 12.8. The van der Waals surface area contributed by atoms with Gasteiger partial charge in [0.1, 0.15) is 11.2 Å². The molecule has 90 valence electrons. The number of hydrogen-bond donors (Lipinski definition) is 1. The van der Waals surface area contributed by atoms with Gasteiger partial charge in [0, 0.05) is 5.56 Å². The van der Waals surface area contributed by atoms with Crippen molar-refractivity contribution in [3.8, 4) is 17.3 Å². The van der Waals surface area contributed by atoms with Gasteiger partial charge in [0.25, 0.3) is 0 Å². The van der Waals surface area contributed by atoms with Crippen LogP contribution in [0.5, 0.6) is 0 Å². The molecule has 1 fully saturated rings. The Morgan fingerprint density at radius 1 is 1.33 bits per heavy atom. The third-order valence-corrected chi connectivity index (χ3v) is 3.68. The van der Waals surface area contributed by atoms with Crippen LogP contribution in [0, 0.1) is 25.2 Å². The Labute approximate surface area is 106 Å². The summed E-state index contributed by atoms with van der Waals surface area (Å²) in [4.78, 5) is 7.71. The first-order chi connectivity index (χ1) is 8.64. The molecule has 1 saturated carbocycles. The molecule has 1 aromatic carbocycles. The van der Waals surface area contributed by atoms with Gasteiger partial charge in [-0.05, 0) is 38.3 Å². The van der Waals surface area contributed by atoms with E-state index in [-0.39, 0.29) is 5.41 Å². The predicted octanol–water partition coefficient (Wildman–Crippen LogP) is 3.25. The first kappa shape index (κ1) is 11.0. The van der Waals surface area contributed by atoms with E-state index in [0.29, 0.717) is 0 Å². The van der Waals surface area contributed by atoms with Crippen LogP contribution in [0.4, 0.5) is 0 Å². The van der Waals surface area contributed by atoms with Crippen molar-refractivity contribution in [2.45, 2.75) is 32.1 Å². The lowest BCUT2D eigenvalue weighted by Crippen LogP contribution is -2.04. The number of nitriles is 1. The molecule has 3 rings (SSSR count). The maximum Gasteiger partial charge on any atom is 0.127 e. The normalized spacial score (nSPS) is 16.3. The van der Waals surface area contributed by atoms with E-state index in [4.69, 9.17) is 0 Å². The summed E-state index contributed by atoms with van der Waals surface area (Å²) < 4.78 is 0. The van der Waals surface area contributed by atoms with Gasteiger partial charge in [-0.3, -0.25) is 0 Å². The molecule has 0 unspecified atom stereocenters. The van der Waals surface area contributed by atoms with E-state index < -0.39 is 0 Å². The summed E-state index contributed by atoms with van der Waals surface area (Å²) in [6.45, 7) is 4.17. The first-order valence-electron chi connectivity index (χ1n) is 6.19. The first-order valence-corrected chi connectivity index (χ1v) is 6.19. The maximum absolute atomic E-state index is 9.18. The Kier molecular flexibility index (Phi) is 2.27. The second-order valence-electron chi connectivity index (χ2n) is 5.16. The van der Waals surface area contributed by atoms with E-state index in [0.717, 1.165) is 24.4 Å². The predicted molar refractivity (Wildman–Crippen MR) is 70.0 cm³/mol. The molecule has 18 heavy (non-hydrogen) atoms. The number of aromatic amines is 1. The van der Waals surface area contributed by atoms with Crippen molar-refractivity contribution >= 4 is 0 Å². The number of nitrogens with one attached hydrogen (secondary N) is 1. The average Bonchev–Trinajstić information content (AvgIpc) is 3.02. The molecular weight excluding hydrogens is 222 g/mol. The van der Waals surface area contributed by atoms with E-state index in [1.165, 1.54) is 16.7 Å². The van der Waals surface area contributed by atoms with Crippen LogP contribution < -0.4 is 0 Å². The molecule has 1 N–H and O–H groups in total. The molecule has 2 aromatic rings. The highest BCUT2D eigenvalue weighted by atomic mass is 15.0. The van der Waals surface area contributed by atoms with E-state index in [1.54, 1.807) is 0 Å². The van der Waals surface area contributed by atoms with Crippen molar-refractivity contribution in [3.05, 3.63) is 41.3 Å². The summed E-state index contributed by atoms with van der Waals surface area (Å²) in [5, 5.41) is 9.18. The third-order valence-electron chi connectivity index (χ3n) is 3.68. The highest BCUT2D eigenvalue weighted by Crippen LogP contribution is 2.46. The lowest BCUT2D eigenvalue weighted by atomic mass is 10.0. The number of benzene rings is 1. The lowest BCUT2D eigenvalue weighted by molar-refractivity contribution is 0.822. The van der Waals surface area contributed by atoms with E-state index in [2.05, 4.69) is 48.1 Å². The number of rotatable bonds is 2. The smallest absolute Gasteiger partial charge is 0.127 e. The highest BCUT2D eigenvalue weighted by Gasteiger charge is 2.47. The maximum atomic E-state index is 9.18. The van der Waals surface area contributed by atoms with Crippen LogP contribution in [-0.2, 0) is 5.41 Å². The fourth-order valence-electron chi connectivity index (χ4n) is 2.25. The number of imidazole rings is 1. The Morgan fingerprint density at radius 3 is 2.78 bits per heavy atom. The van der Waals surface area contributed by atoms with Gasteiger partial charge >= 0.3 is 0 Å². The Balaban J connectivity index is 2.04. The summed E-state index contributed by atoms with van der Waals surface area (Å²) in [5.74, 6) is 0.820. The minimum Gasteiger partial charge on any atom is -0.341 e. The molecule has 1 heterocycles. The number of H-pyrrole nitrogens is 1. The van der Waals surface area contributed by atoms with Gasteiger partial charge < -0.3 is 4.98 Å². The van der Waals surface area contributed by atoms with Gasteiger partial charge in [-0.1, -0.05) is 17.7 Å². The zero-order valence-corrected chi connectivity index (χ0v) is 10.6. The molecule has 1 aliphatic carbocycles. The fraction of sp³-hybridized carbons (Fsp3) is 0.333. The molecule has 0 atom stereocenters. The quantitative estimate of drug-likeness (QED) is 0.871. The third kappa shape index (κ3) is 1.62. The Morgan fingerprint density at radius 2 is 2.11 bits per heavy atom. The monoisotopic (exact) mass is 237 g/mol. The highest BCUT2D eigenvalue weighted by molar-refractivity contribution is 5.64. The fourth-order valence-corrected chi connectivity index (χ4v) is 2.25. The summed E-state index contributed by atoms with van der Waals surface area (Å²) in [5.41, 5.74) is 4.29. The number of nitrogens with zero attached hydrogens (tertiary/aromatic N) is 2. The Bertz CT molecular complexity index is 642. The van der Waals surface area contributed by atoms with Crippen LogP contribution in [0.25, 0.3) is 11.3 Å². The van der Waals surface area contributed by atoms with Crippen molar-refractivity contribution in [2.75, 3.05) is 0 Å². The van der Waals surface area contributed by atoms with Gasteiger partial charge in [0.2, 0.25) is 0 Å². The standard InChI is InChI=1S/C15H15N3/c1-10-3-4-11(2)12(7-10)13-8-17-14(18-13)15(9-16)5-6-15/h3-4,7-8H,5-6H2,1-2H3,(H,17,18). The number of aromatic nitrogens is 2. The number of hydrogen-bond acceptors (Lipinski definition) is 2. The molecule has 3 heteroatoms. The second-order valence-corrected chi connectivity index (χ2v) is 5.16. The summed E-state index contributed by atoms with van der Waals surface area (Å²) in [6.07, 6.45) is 3.68. The molecule has 0 bridgehead atoms.